The van der Waals surface area contributed by atoms with E-state index >= 15 is 0 Å². The van der Waals surface area contributed by atoms with E-state index in [-0.39, 0.29) is 0 Å². The Morgan fingerprint density at radius 1 is 0.947 bits per heavy atom. The molecule has 0 bridgehead atoms. The van der Waals surface area contributed by atoms with Crippen LogP contribution < -0.4 is 0 Å². The first-order valence-electron chi connectivity index (χ1n) is 5.63. The Hall–Kier alpha value is -1.16. The molecule has 2 aromatic carbocycles. The van der Waals surface area contributed by atoms with E-state index < -0.39 is 0 Å². The third-order valence-corrected chi connectivity index (χ3v) is 4.49. The van der Waals surface area contributed by atoms with Crippen LogP contribution in [0.3, 0.4) is 0 Å². The zero-order chi connectivity index (χ0) is 13.1. The molecule has 0 fully saturated rings. The summed E-state index contributed by atoms with van der Waals surface area (Å²) in [6.45, 7) is 0. The molecule has 0 radical (unpaired) electrons. The Kier molecular flexibility index (Phi) is 2.40. The predicted octanol–water partition coefficient (Wildman–Crippen LogP) is 5.91. The average Bonchev–Trinajstić information content (AvgIpc) is 2.86. The smallest absolute Gasteiger partial charge is 0.166 e. The second-order valence-corrected chi connectivity index (χ2v) is 6.02. The van der Waals surface area contributed by atoms with Crippen LogP contribution in [0.25, 0.3) is 27.4 Å². The van der Waals surface area contributed by atoms with Crippen LogP contribution in [0.1, 0.15) is 0 Å². The van der Waals surface area contributed by atoms with Crippen LogP contribution >= 0.6 is 39.1 Å². The maximum Gasteiger partial charge on any atom is 0.166 e. The van der Waals surface area contributed by atoms with Crippen molar-refractivity contribution in [3.63, 3.8) is 0 Å². The topological polar surface area (TPSA) is 17.6 Å². The maximum atomic E-state index is 6.05. The first-order chi connectivity index (χ1) is 9.15. The van der Waals surface area contributed by atoms with Gasteiger partial charge in [0.1, 0.15) is 5.52 Å². The lowest BCUT2D eigenvalue weighted by molar-refractivity contribution is 0.424. The van der Waals surface area contributed by atoms with E-state index in [0.29, 0.717) is 10.0 Å². The van der Waals surface area contributed by atoms with Crippen molar-refractivity contribution >= 4 is 66.5 Å². The van der Waals surface area contributed by atoms with Crippen molar-refractivity contribution in [1.82, 2.24) is 4.57 Å². The van der Waals surface area contributed by atoms with Gasteiger partial charge in [-0.1, -0.05) is 23.2 Å². The molecule has 5 heteroatoms. The molecule has 0 atom stereocenters. The highest BCUT2D eigenvalue weighted by molar-refractivity contribution is 9.10. The van der Waals surface area contributed by atoms with Crippen LogP contribution in [0.15, 0.2) is 45.4 Å². The Balaban J connectivity index is 2.29. The fourth-order valence-electron chi connectivity index (χ4n) is 2.39. The first-order valence-corrected chi connectivity index (χ1v) is 7.18. The zero-order valence-electron chi connectivity index (χ0n) is 9.45. The minimum atomic E-state index is 0.660. The monoisotopic (exact) mass is 353 g/mol. The first kappa shape index (κ1) is 11.6. The molecule has 0 saturated carbocycles. The van der Waals surface area contributed by atoms with E-state index in [0.717, 1.165) is 31.9 Å². The van der Waals surface area contributed by atoms with Gasteiger partial charge in [-0.05, 0) is 46.3 Å². The van der Waals surface area contributed by atoms with E-state index in [1.54, 1.807) is 4.57 Å². The van der Waals surface area contributed by atoms with Crippen LogP contribution in [0.2, 0.25) is 10.0 Å². The van der Waals surface area contributed by atoms with Crippen molar-refractivity contribution in [2.75, 3.05) is 0 Å². The number of fused-ring (bicyclic) bond motifs is 5. The summed E-state index contributed by atoms with van der Waals surface area (Å²) in [6.07, 6.45) is 0. The molecule has 19 heavy (non-hydrogen) atoms. The van der Waals surface area contributed by atoms with Gasteiger partial charge >= 0.3 is 0 Å². The minimum absolute atomic E-state index is 0.660. The molecule has 0 N–H and O–H groups in total. The van der Waals surface area contributed by atoms with E-state index in [1.807, 2.05) is 36.4 Å². The van der Waals surface area contributed by atoms with Gasteiger partial charge in [-0.2, -0.15) is 4.57 Å². The Bertz CT molecular complexity index is 948. The largest absolute Gasteiger partial charge is 0.374 e. The number of rotatable bonds is 0. The fraction of sp³-hybridized carbons (Fsp3) is 0. The highest BCUT2D eigenvalue weighted by Gasteiger charge is 2.17. The standard InChI is InChI=1S/C14H6BrCl2NO/c15-13-10-5-7(16)2-4-11(10)18-14(13)9-3-1-8(17)6-12(9)19-18/h1-6H. The number of aromatic nitrogens is 1. The van der Waals surface area contributed by atoms with Crippen LogP contribution in [0, 0.1) is 0 Å². The molecule has 94 valence electrons. The molecule has 0 aliphatic heterocycles. The number of hydrogen-bond acceptors (Lipinski definition) is 1. The minimum Gasteiger partial charge on any atom is -0.374 e. The summed E-state index contributed by atoms with van der Waals surface area (Å²) in [4.78, 5) is 0. The van der Waals surface area contributed by atoms with E-state index in [4.69, 9.17) is 27.7 Å². The van der Waals surface area contributed by atoms with Gasteiger partial charge < -0.3 is 4.52 Å². The molecule has 2 heterocycles. The molecule has 0 amide bonds. The van der Waals surface area contributed by atoms with Crippen LogP contribution in [-0.2, 0) is 0 Å². The summed E-state index contributed by atoms with van der Waals surface area (Å²) < 4.78 is 8.65. The van der Waals surface area contributed by atoms with Gasteiger partial charge in [-0.15, -0.1) is 0 Å². The second-order valence-electron chi connectivity index (χ2n) is 4.35. The Morgan fingerprint density at radius 2 is 1.68 bits per heavy atom. The number of hydrogen-bond donors (Lipinski definition) is 0. The van der Waals surface area contributed by atoms with Gasteiger partial charge in [0.05, 0.1) is 9.99 Å². The number of nitrogens with zero attached hydrogens (tertiary/aromatic N) is 1. The van der Waals surface area contributed by atoms with Crippen LogP contribution in [0.5, 0.6) is 0 Å². The number of benzene rings is 2. The van der Waals surface area contributed by atoms with E-state index in [2.05, 4.69) is 15.9 Å². The quantitative estimate of drug-likeness (QED) is 0.384. The van der Waals surface area contributed by atoms with Crippen LogP contribution in [-0.4, -0.2) is 4.57 Å². The molecular weight excluding hydrogens is 349 g/mol. The van der Waals surface area contributed by atoms with Crippen molar-refractivity contribution in [3.05, 3.63) is 50.9 Å². The van der Waals surface area contributed by atoms with Gasteiger partial charge in [-0.3, -0.25) is 0 Å². The SMILES string of the molecule is Clc1ccc2c(c1)on1c3ccc(Cl)cc3c(Br)c21. The second kappa shape index (κ2) is 3.92. The summed E-state index contributed by atoms with van der Waals surface area (Å²) in [6, 6.07) is 11.4. The molecular formula is C14H6BrCl2NO. The van der Waals surface area contributed by atoms with Crippen molar-refractivity contribution in [1.29, 1.82) is 0 Å². The van der Waals surface area contributed by atoms with Crippen LogP contribution in [0.4, 0.5) is 0 Å². The summed E-state index contributed by atoms with van der Waals surface area (Å²) >= 11 is 15.7. The Labute approximate surface area is 126 Å². The molecule has 0 aliphatic rings. The van der Waals surface area contributed by atoms with Gasteiger partial charge in [0, 0.05) is 26.9 Å². The van der Waals surface area contributed by atoms with Crippen molar-refractivity contribution in [2.24, 2.45) is 0 Å². The third kappa shape index (κ3) is 1.55. The normalized spacial score (nSPS) is 11.9. The zero-order valence-corrected chi connectivity index (χ0v) is 12.6. The number of halogens is 3. The highest BCUT2D eigenvalue weighted by Crippen LogP contribution is 2.38. The predicted molar refractivity (Wildman–Crippen MR) is 82.4 cm³/mol. The lowest BCUT2D eigenvalue weighted by Gasteiger charge is -1.93. The van der Waals surface area contributed by atoms with Crippen molar-refractivity contribution < 1.29 is 4.52 Å². The van der Waals surface area contributed by atoms with Gasteiger partial charge in [0.15, 0.2) is 5.58 Å². The molecule has 4 aromatic rings. The van der Waals surface area contributed by atoms with Gasteiger partial charge in [-0.25, -0.2) is 0 Å². The van der Waals surface area contributed by atoms with E-state index in [1.165, 1.54) is 0 Å². The fourth-order valence-corrected chi connectivity index (χ4v) is 3.41. The van der Waals surface area contributed by atoms with E-state index in [9.17, 15) is 0 Å². The lowest BCUT2D eigenvalue weighted by Crippen LogP contribution is -1.75. The lowest BCUT2D eigenvalue weighted by atomic mass is 10.2. The van der Waals surface area contributed by atoms with Gasteiger partial charge in [0.2, 0.25) is 0 Å². The molecule has 4 rings (SSSR count). The third-order valence-electron chi connectivity index (χ3n) is 3.21. The maximum absolute atomic E-state index is 6.05. The molecule has 0 spiro atoms. The average molecular weight is 355 g/mol. The summed E-state index contributed by atoms with van der Waals surface area (Å²) in [5.41, 5.74) is 2.72. The molecule has 0 unspecified atom stereocenters. The molecule has 0 aliphatic carbocycles. The van der Waals surface area contributed by atoms with Crippen molar-refractivity contribution in [2.45, 2.75) is 0 Å². The van der Waals surface area contributed by atoms with Gasteiger partial charge in [0.25, 0.3) is 0 Å². The summed E-state index contributed by atoms with van der Waals surface area (Å²) in [5, 5.41) is 3.41. The van der Waals surface area contributed by atoms with Crippen molar-refractivity contribution in [3.8, 4) is 0 Å². The summed E-state index contributed by atoms with van der Waals surface area (Å²) in [5.74, 6) is 0. The summed E-state index contributed by atoms with van der Waals surface area (Å²) in [7, 11) is 0. The highest BCUT2D eigenvalue weighted by atomic mass is 79.9. The molecule has 2 aromatic heterocycles. The molecule has 2 nitrogen and oxygen atoms in total. The molecule has 0 saturated heterocycles. The Morgan fingerprint density at radius 3 is 2.53 bits per heavy atom.